The maximum Gasteiger partial charge on any atom is 0.456 e. The van der Waals surface area contributed by atoms with Crippen molar-refractivity contribution in [3.63, 3.8) is 0 Å². The van der Waals surface area contributed by atoms with Gasteiger partial charge in [0.15, 0.2) is 0 Å². The second-order valence-electron chi connectivity index (χ2n) is 7.87. The molecule has 0 bridgehead atoms. The topological polar surface area (TPSA) is 63.1 Å². The Hall–Kier alpha value is -1.81. The lowest BCUT2D eigenvalue weighted by molar-refractivity contribution is -0.0366. The molecule has 1 saturated heterocycles. The van der Waals surface area contributed by atoms with Crippen LogP contribution in [0.5, 0.6) is 0 Å². The smallest absolute Gasteiger partial charge is 0.351 e. The minimum Gasteiger partial charge on any atom is -0.351 e. The molecule has 1 N–H and O–H groups in total. The summed E-state index contributed by atoms with van der Waals surface area (Å²) >= 11 is -0.0580. The maximum absolute atomic E-state index is 12.6. The van der Waals surface area contributed by atoms with Gasteiger partial charge in [0.05, 0.1) is 0 Å². The van der Waals surface area contributed by atoms with Crippen LogP contribution in [-0.4, -0.2) is 43.5 Å². The fourth-order valence-corrected chi connectivity index (χ4v) is 5.04. The highest BCUT2D eigenvalue weighted by Gasteiger charge is 2.34. The first-order valence-electron chi connectivity index (χ1n) is 9.96. The molecule has 2 aliphatic rings. The predicted octanol–water partition coefficient (Wildman–Crippen LogP) is 4.20. The third-order valence-electron chi connectivity index (χ3n) is 5.83. The Morgan fingerprint density at radius 1 is 1.17 bits per heavy atom. The summed E-state index contributed by atoms with van der Waals surface area (Å²) in [5.74, 6) is 0.838. The zero-order chi connectivity index (χ0) is 20.6. The lowest BCUT2D eigenvalue weighted by atomic mass is 10.1. The van der Waals surface area contributed by atoms with Gasteiger partial charge in [0.25, 0.3) is 5.56 Å². The predicted molar refractivity (Wildman–Crippen MR) is 108 cm³/mol. The van der Waals surface area contributed by atoms with Crippen LogP contribution >= 0.6 is 11.9 Å². The zero-order valence-corrected chi connectivity index (χ0v) is 17.0. The van der Waals surface area contributed by atoms with E-state index in [1.54, 1.807) is 22.9 Å². The number of nitrogens with zero attached hydrogens (tertiary/aromatic N) is 4. The molecular weight excluding hydrogens is 403 g/mol. The summed E-state index contributed by atoms with van der Waals surface area (Å²) in [6.45, 7) is 2.86. The van der Waals surface area contributed by atoms with Gasteiger partial charge in [0.2, 0.25) is 5.95 Å². The highest BCUT2D eigenvalue weighted by Crippen LogP contribution is 2.36. The summed E-state index contributed by atoms with van der Waals surface area (Å²) in [6, 6.07) is 3.45. The molecule has 2 aromatic heterocycles. The Morgan fingerprint density at radius 3 is 2.59 bits per heavy atom. The SMILES string of the molecule is CC1CCCC1n1c(=O)ccc2cnc(NC3CCN(SC(F)(F)F)CC3)nc21. The van der Waals surface area contributed by atoms with Crippen LogP contribution in [0.4, 0.5) is 19.1 Å². The zero-order valence-electron chi connectivity index (χ0n) is 16.2. The number of alkyl halides is 3. The van der Waals surface area contributed by atoms with Gasteiger partial charge < -0.3 is 5.32 Å². The van der Waals surface area contributed by atoms with Gasteiger partial charge in [-0.05, 0) is 37.7 Å². The van der Waals surface area contributed by atoms with Crippen LogP contribution in [0, 0.1) is 5.92 Å². The van der Waals surface area contributed by atoms with E-state index in [2.05, 4.69) is 22.2 Å². The monoisotopic (exact) mass is 427 g/mol. The number of rotatable bonds is 4. The van der Waals surface area contributed by atoms with Gasteiger partial charge in [0, 0.05) is 54.8 Å². The molecule has 2 atom stereocenters. The number of pyridine rings is 1. The number of piperidine rings is 1. The first kappa shape index (κ1) is 20.5. The molecule has 0 spiro atoms. The summed E-state index contributed by atoms with van der Waals surface area (Å²) in [7, 11) is 0. The first-order chi connectivity index (χ1) is 13.8. The summed E-state index contributed by atoms with van der Waals surface area (Å²) in [6.07, 6.45) is 6.01. The van der Waals surface area contributed by atoms with Gasteiger partial charge in [0.1, 0.15) is 5.65 Å². The molecule has 3 heterocycles. The Kier molecular flexibility index (Phi) is 5.74. The van der Waals surface area contributed by atoms with Gasteiger partial charge in [-0.3, -0.25) is 9.36 Å². The van der Waals surface area contributed by atoms with Crippen molar-refractivity contribution in [3.05, 3.63) is 28.7 Å². The van der Waals surface area contributed by atoms with E-state index in [1.165, 1.54) is 4.31 Å². The minimum absolute atomic E-state index is 0.00632. The number of hydrogen-bond acceptors (Lipinski definition) is 6. The summed E-state index contributed by atoms with van der Waals surface area (Å²) in [5.41, 5.74) is -3.68. The molecule has 1 aliphatic heterocycles. The van der Waals surface area contributed by atoms with Crippen molar-refractivity contribution in [2.24, 2.45) is 5.92 Å². The van der Waals surface area contributed by atoms with Gasteiger partial charge in [-0.1, -0.05) is 13.3 Å². The summed E-state index contributed by atoms with van der Waals surface area (Å²) in [4.78, 5) is 21.6. The second kappa shape index (κ2) is 8.14. The quantitative estimate of drug-likeness (QED) is 0.738. The van der Waals surface area contributed by atoms with Crippen LogP contribution in [0.1, 0.15) is 45.1 Å². The lowest BCUT2D eigenvalue weighted by Crippen LogP contribution is -2.37. The highest BCUT2D eigenvalue weighted by atomic mass is 32.2. The fourth-order valence-electron chi connectivity index (χ4n) is 4.36. The number of halogens is 3. The minimum atomic E-state index is -4.25. The maximum atomic E-state index is 12.6. The fraction of sp³-hybridized carbons (Fsp3) is 0.632. The Labute approximate surface area is 171 Å². The molecule has 10 heteroatoms. The number of aromatic nitrogens is 3. The van der Waals surface area contributed by atoms with Crippen molar-refractivity contribution in [1.82, 2.24) is 18.8 Å². The van der Waals surface area contributed by atoms with E-state index < -0.39 is 5.51 Å². The Bertz CT molecular complexity index is 926. The molecule has 0 amide bonds. The molecule has 2 fully saturated rings. The van der Waals surface area contributed by atoms with E-state index in [0.29, 0.717) is 43.4 Å². The van der Waals surface area contributed by atoms with E-state index in [0.717, 1.165) is 24.6 Å². The van der Waals surface area contributed by atoms with E-state index in [1.807, 2.05) is 0 Å². The van der Waals surface area contributed by atoms with Crippen molar-refractivity contribution in [3.8, 4) is 0 Å². The van der Waals surface area contributed by atoms with Crippen LogP contribution in [-0.2, 0) is 0 Å². The second-order valence-corrected chi connectivity index (χ2v) is 9.04. The van der Waals surface area contributed by atoms with E-state index in [4.69, 9.17) is 0 Å². The molecule has 2 aromatic rings. The van der Waals surface area contributed by atoms with Crippen LogP contribution in [0.3, 0.4) is 0 Å². The van der Waals surface area contributed by atoms with E-state index >= 15 is 0 Å². The largest absolute Gasteiger partial charge is 0.456 e. The molecule has 4 rings (SSSR count). The molecule has 1 aliphatic carbocycles. The molecule has 1 saturated carbocycles. The Morgan fingerprint density at radius 2 is 1.93 bits per heavy atom. The van der Waals surface area contributed by atoms with E-state index in [9.17, 15) is 18.0 Å². The molecule has 29 heavy (non-hydrogen) atoms. The number of fused-ring (bicyclic) bond motifs is 1. The van der Waals surface area contributed by atoms with Gasteiger partial charge in [-0.15, -0.1) is 0 Å². The number of anilines is 1. The van der Waals surface area contributed by atoms with Crippen molar-refractivity contribution < 1.29 is 13.2 Å². The normalized spacial score (nSPS) is 24.3. The summed E-state index contributed by atoms with van der Waals surface area (Å²) in [5, 5.41) is 4.06. The average molecular weight is 427 g/mol. The van der Waals surface area contributed by atoms with Crippen molar-refractivity contribution in [1.29, 1.82) is 0 Å². The molecule has 0 aromatic carbocycles. The molecule has 6 nitrogen and oxygen atoms in total. The first-order valence-corrected chi connectivity index (χ1v) is 10.7. The third-order valence-corrected chi connectivity index (χ3v) is 6.66. The standard InChI is InChI=1S/C19H24F3N5OS/c1-12-3-2-4-15(12)27-16(28)6-5-13-11-23-18(25-17(13)27)24-14-7-9-26(10-8-14)29-19(20,21)22/h5-6,11-12,14-15H,2-4,7-10H2,1H3,(H,23,24,25). The third kappa shape index (κ3) is 4.69. The van der Waals surface area contributed by atoms with Crippen molar-refractivity contribution in [2.75, 3.05) is 18.4 Å². The number of nitrogens with one attached hydrogen (secondary N) is 1. The van der Waals surface area contributed by atoms with Crippen LogP contribution in [0.25, 0.3) is 11.0 Å². The molecule has 2 unspecified atom stereocenters. The van der Waals surface area contributed by atoms with Gasteiger partial charge in [-0.2, -0.15) is 18.2 Å². The molecule has 158 valence electrons. The lowest BCUT2D eigenvalue weighted by Gasteiger charge is -2.31. The van der Waals surface area contributed by atoms with Crippen molar-refractivity contribution >= 4 is 28.9 Å². The summed E-state index contributed by atoms with van der Waals surface area (Å²) < 4.78 is 40.7. The average Bonchev–Trinajstić information content (AvgIpc) is 3.07. The van der Waals surface area contributed by atoms with Crippen LogP contribution < -0.4 is 10.9 Å². The van der Waals surface area contributed by atoms with Crippen LogP contribution in [0.2, 0.25) is 0 Å². The van der Waals surface area contributed by atoms with E-state index in [-0.39, 0.29) is 29.6 Å². The van der Waals surface area contributed by atoms with Crippen LogP contribution in [0.15, 0.2) is 23.1 Å². The number of hydrogen-bond donors (Lipinski definition) is 1. The Balaban J connectivity index is 1.51. The highest BCUT2D eigenvalue weighted by molar-refractivity contribution is 7.97. The van der Waals surface area contributed by atoms with Crippen molar-refractivity contribution in [2.45, 2.75) is 56.6 Å². The van der Waals surface area contributed by atoms with Gasteiger partial charge in [-0.25, -0.2) is 9.29 Å². The molecular formula is C19H24F3N5OS. The molecule has 0 radical (unpaired) electrons. The van der Waals surface area contributed by atoms with Gasteiger partial charge >= 0.3 is 5.51 Å².